The maximum Gasteiger partial charge on any atom is 0.317 e. The third kappa shape index (κ3) is 4.58. The number of halogens is 1. The molecule has 25 heavy (non-hydrogen) atoms. The molecule has 1 saturated heterocycles. The number of urea groups is 1. The Bertz CT molecular complexity index is 691. The summed E-state index contributed by atoms with van der Waals surface area (Å²) in [6.07, 6.45) is 1.18. The fraction of sp³-hybridized carbons (Fsp3) is 0.529. The van der Waals surface area contributed by atoms with Gasteiger partial charge in [-0.25, -0.2) is 14.2 Å². The SMILES string of the molecule is Cc1ncsc1CN1C[C@@H](F)C[C@H]1CN(C)C(=O)NCc1ccco1. The predicted octanol–water partition coefficient (Wildman–Crippen LogP) is 2.80. The van der Waals surface area contributed by atoms with Gasteiger partial charge in [-0.05, 0) is 25.5 Å². The van der Waals surface area contributed by atoms with Gasteiger partial charge < -0.3 is 14.6 Å². The van der Waals surface area contributed by atoms with Crippen molar-refractivity contribution < 1.29 is 13.6 Å². The highest BCUT2D eigenvalue weighted by Gasteiger charge is 2.34. The minimum Gasteiger partial charge on any atom is -0.467 e. The highest BCUT2D eigenvalue weighted by Crippen LogP contribution is 2.25. The zero-order valence-corrected chi connectivity index (χ0v) is 15.3. The summed E-state index contributed by atoms with van der Waals surface area (Å²) < 4.78 is 19.2. The molecular weight excluding hydrogens is 343 g/mol. The second-order valence-corrected chi connectivity index (χ2v) is 7.34. The number of aryl methyl sites for hydroxylation is 1. The van der Waals surface area contributed by atoms with Crippen molar-refractivity contribution in [3.8, 4) is 0 Å². The van der Waals surface area contributed by atoms with E-state index in [0.29, 0.717) is 38.4 Å². The summed E-state index contributed by atoms with van der Waals surface area (Å²) in [5.74, 6) is 0.703. The zero-order chi connectivity index (χ0) is 17.8. The molecule has 0 saturated carbocycles. The molecule has 1 aliphatic heterocycles. The molecule has 0 aromatic carbocycles. The van der Waals surface area contributed by atoms with Crippen molar-refractivity contribution in [3.05, 3.63) is 40.2 Å². The standard InChI is InChI=1S/C17H23FN4O2S/c1-12-16(25-11-20-12)10-22-8-13(18)6-14(22)9-21(2)17(23)19-7-15-4-3-5-24-15/h3-5,11,13-14H,6-10H2,1-2H3,(H,19,23)/t13-,14-/m0/s1. The van der Waals surface area contributed by atoms with Crippen LogP contribution in [0.2, 0.25) is 0 Å². The number of thiazole rings is 1. The van der Waals surface area contributed by atoms with Crippen LogP contribution in [0.4, 0.5) is 9.18 Å². The molecule has 0 unspecified atom stereocenters. The fourth-order valence-electron chi connectivity index (χ4n) is 3.08. The number of amides is 2. The first kappa shape index (κ1) is 17.9. The second-order valence-electron chi connectivity index (χ2n) is 6.40. The topological polar surface area (TPSA) is 61.6 Å². The summed E-state index contributed by atoms with van der Waals surface area (Å²) in [4.78, 5) is 21.4. The highest BCUT2D eigenvalue weighted by molar-refractivity contribution is 7.09. The number of carbonyl (C=O) groups is 1. The molecule has 1 aliphatic rings. The molecule has 2 aromatic rings. The maximum absolute atomic E-state index is 14.0. The lowest BCUT2D eigenvalue weighted by molar-refractivity contribution is 0.174. The van der Waals surface area contributed by atoms with Crippen molar-refractivity contribution >= 4 is 17.4 Å². The van der Waals surface area contributed by atoms with E-state index in [-0.39, 0.29) is 12.1 Å². The first-order valence-electron chi connectivity index (χ1n) is 8.31. The molecule has 0 aliphatic carbocycles. The van der Waals surface area contributed by atoms with Crippen molar-refractivity contribution in [2.24, 2.45) is 0 Å². The molecule has 0 bridgehead atoms. The summed E-state index contributed by atoms with van der Waals surface area (Å²) in [6, 6.07) is 3.41. The third-order valence-corrected chi connectivity index (χ3v) is 5.41. The average molecular weight is 366 g/mol. The first-order chi connectivity index (χ1) is 12.0. The van der Waals surface area contributed by atoms with Gasteiger partial charge >= 0.3 is 6.03 Å². The van der Waals surface area contributed by atoms with Crippen molar-refractivity contribution in [1.29, 1.82) is 0 Å². The Morgan fingerprint density at radius 3 is 3.12 bits per heavy atom. The number of rotatable bonds is 6. The minimum atomic E-state index is -0.849. The van der Waals surface area contributed by atoms with E-state index in [9.17, 15) is 9.18 Å². The smallest absolute Gasteiger partial charge is 0.317 e. The van der Waals surface area contributed by atoms with Crippen LogP contribution in [0.3, 0.4) is 0 Å². The van der Waals surface area contributed by atoms with E-state index in [1.54, 1.807) is 35.6 Å². The van der Waals surface area contributed by atoms with Gasteiger partial charge in [0.1, 0.15) is 11.9 Å². The number of furan rings is 1. The van der Waals surface area contributed by atoms with Crippen LogP contribution in [0.25, 0.3) is 0 Å². The van der Waals surface area contributed by atoms with Crippen LogP contribution < -0.4 is 5.32 Å². The normalized spacial score (nSPS) is 20.8. The Hall–Kier alpha value is -1.93. The van der Waals surface area contributed by atoms with Crippen molar-refractivity contribution in [3.63, 3.8) is 0 Å². The van der Waals surface area contributed by atoms with Crippen molar-refractivity contribution in [2.45, 2.75) is 38.6 Å². The van der Waals surface area contributed by atoms with E-state index >= 15 is 0 Å². The number of aromatic nitrogens is 1. The Kier molecular flexibility index (Phi) is 5.70. The lowest BCUT2D eigenvalue weighted by Gasteiger charge is -2.28. The highest BCUT2D eigenvalue weighted by atomic mass is 32.1. The Morgan fingerprint density at radius 1 is 1.60 bits per heavy atom. The number of carbonyl (C=O) groups excluding carboxylic acids is 1. The summed E-state index contributed by atoms with van der Waals surface area (Å²) in [5, 5.41) is 2.81. The largest absolute Gasteiger partial charge is 0.467 e. The molecule has 0 spiro atoms. The van der Waals surface area contributed by atoms with Crippen molar-refractivity contribution in [2.75, 3.05) is 20.1 Å². The van der Waals surface area contributed by atoms with E-state index in [1.165, 1.54) is 0 Å². The molecule has 2 atom stereocenters. The Labute approximate surface area is 150 Å². The van der Waals surface area contributed by atoms with Crippen LogP contribution >= 0.6 is 11.3 Å². The predicted molar refractivity (Wildman–Crippen MR) is 94.1 cm³/mol. The van der Waals surface area contributed by atoms with Crippen LogP contribution in [-0.4, -0.2) is 53.2 Å². The lowest BCUT2D eigenvalue weighted by atomic mass is 10.2. The average Bonchev–Trinajstić information content (AvgIpc) is 3.29. The second kappa shape index (κ2) is 7.97. The van der Waals surface area contributed by atoms with Gasteiger partial charge in [-0.3, -0.25) is 4.90 Å². The maximum atomic E-state index is 14.0. The van der Waals surface area contributed by atoms with Crippen LogP contribution in [0.5, 0.6) is 0 Å². The number of hydrogen-bond donors (Lipinski definition) is 1. The number of alkyl halides is 1. The van der Waals surface area contributed by atoms with Gasteiger partial charge in [-0.1, -0.05) is 0 Å². The van der Waals surface area contributed by atoms with E-state index in [4.69, 9.17) is 4.42 Å². The Morgan fingerprint density at radius 2 is 2.44 bits per heavy atom. The molecule has 3 heterocycles. The fourth-order valence-corrected chi connectivity index (χ4v) is 3.88. The van der Waals surface area contributed by atoms with Gasteiger partial charge in [0.25, 0.3) is 0 Å². The summed E-state index contributed by atoms with van der Waals surface area (Å²) in [7, 11) is 1.74. The molecule has 1 N–H and O–H groups in total. The van der Waals surface area contributed by atoms with Crippen molar-refractivity contribution in [1.82, 2.24) is 20.1 Å². The summed E-state index contributed by atoms with van der Waals surface area (Å²) in [6.45, 7) is 3.89. The quantitative estimate of drug-likeness (QED) is 0.854. The third-order valence-electron chi connectivity index (χ3n) is 4.49. The van der Waals surface area contributed by atoms with Crippen LogP contribution in [0.15, 0.2) is 28.3 Å². The monoisotopic (exact) mass is 366 g/mol. The van der Waals surface area contributed by atoms with Crippen LogP contribution in [0, 0.1) is 6.92 Å². The molecule has 0 radical (unpaired) electrons. The molecule has 1 fully saturated rings. The van der Waals surface area contributed by atoms with E-state index in [0.717, 1.165) is 10.6 Å². The van der Waals surface area contributed by atoms with Gasteiger partial charge in [-0.2, -0.15) is 0 Å². The van der Waals surface area contributed by atoms with E-state index in [1.807, 2.05) is 18.5 Å². The van der Waals surface area contributed by atoms with Crippen LogP contribution in [-0.2, 0) is 13.1 Å². The van der Waals surface area contributed by atoms with E-state index in [2.05, 4.69) is 15.2 Å². The lowest BCUT2D eigenvalue weighted by Crippen LogP contribution is -2.44. The van der Waals surface area contributed by atoms with Gasteiger partial charge in [0.05, 0.1) is 24.0 Å². The number of likely N-dealkylation sites (tertiary alicyclic amines) is 1. The number of nitrogens with zero attached hydrogens (tertiary/aromatic N) is 3. The molecule has 6 nitrogen and oxygen atoms in total. The molecular formula is C17H23FN4O2S. The number of nitrogens with one attached hydrogen (secondary N) is 1. The molecule has 2 amide bonds. The molecule has 8 heteroatoms. The number of hydrogen-bond acceptors (Lipinski definition) is 5. The summed E-state index contributed by atoms with van der Waals surface area (Å²) in [5.41, 5.74) is 2.81. The van der Waals surface area contributed by atoms with Gasteiger partial charge in [0.15, 0.2) is 0 Å². The Balaban J connectivity index is 1.53. The summed E-state index contributed by atoms with van der Waals surface area (Å²) >= 11 is 1.59. The van der Waals surface area contributed by atoms with Gasteiger partial charge in [0, 0.05) is 37.6 Å². The number of likely N-dealkylation sites (N-methyl/N-ethyl adjacent to an activating group) is 1. The molecule has 2 aromatic heterocycles. The molecule has 136 valence electrons. The minimum absolute atomic E-state index is 0.0101. The van der Waals surface area contributed by atoms with E-state index < -0.39 is 6.17 Å². The zero-order valence-electron chi connectivity index (χ0n) is 14.4. The first-order valence-corrected chi connectivity index (χ1v) is 9.19. The van der Waals surface area contributed by atoms with Crippen LogP contribution in [0.1, 0.15) is 22.8 Å². The van der Waals surface area contributed by atoms with Gasteiger partial charge in [0.2, 0.25) is 0 Å². The van der Waals surface area contributed by atoms with Gasteiger partial charge in [-0.15, -0.1) is 11.3 Å². The molecule has 3 rings (SSSR count).